The summed E-state index contributed by atoms with van der Waals surface area (Å²) in [5.74, 6) is 1.14. The second kappa shape index (κ2) is 4.42. The predicted molar refractivity (Wildman–Crippen MR) is 54.5 cm³/mol. The molecule has 1 aromatic rings. The molecule has 1 heterocycles. The molecule has 5 heteroatoms. The zero-order chi connectivity index (χ0) is 10.6. The first-order valence-corrected chi connectivity index (χ1v) is 4.31. The van der Waals surface area contributed by atoms with Gasteiger partial charge in [-0.3, -0.25) is 0 Å². The van der Waals surface area contributed by atoms with E-state index in [4.69, 9.17) is 11.0 Å². The summed E-state index contributed by atoms with van der Waals surface area (Å²) in [7, 11) is 1.87. The average molecular weight is 191 g/mol. The maximum absolute atomic E-state index is 8.65. The normalized spacial score (nSPS) is 11.8. The fourth-order valence-corrected chi connectivity index (χ4v) is 1.12. The van der Waals surface area contributed by atoms with Gasteiger partial charge >= 0.3 is 0 Å². The van der Waals surface area contributed by atoms with Gasteiger partial charge in [-0.05, 0) is 6.92 Å². The number of hydrogen-bond donors (Lipinski definition) is 1. The highest BCUT2D eigenvalue weighted by molar-refractivity contribution is 5.45. The van der Waals surface area contributed by atoms with Crippen LogP contribution in [0.1, 0.15) is 6.92 Å². The highest BCUT2D eigenvalue weighted by Gasteiger charge is 2.07. The lowest BCUT2D eigenvalue weighted by atomic mass is 10.2. The molecular formula is C9H13N5. The molecule has 0 radical (unpaired) electrons. The van der Waals surface area contributed by atoms with Crippen LogP contribution in [0, 0.1) is 17.2 Å². The molecule has 14 heavy (non-hydrogen) atoms. The van der Waals surface area contributed by atoms with Crippen LogP contribution in [0.4, 0.5) is 11.6 Å². The summed E-state index contributed by atoms with van der Waals surface area (Å²) in [5, 5.41) is 8.65. The third kappa shape index (κ3) is 2.59. The molecule has 74 valence electrons. The Hall–Kier alpha value is -1.83. The van der Waals surface area contributed by atoms with Crippen LogP contribution in [0.2, 0.25) is 0 Å². The van der Waals surface area contributed by atoms with Crippen LogP contribution in [0.15, 0.2) is 12.4 Å². The van der Waals surface area contributed by atoms with Crippen LogP contribution in [0.3, 0.4) is 0 Å². The van der Waals surface area contributed by atoms with E-state index in [2.05, 4.69) is 16.0 Å². The molecule has 2 N–H and O–H groups in total. The van der Waals surface area contributed by atoms with Crippen LogP contribution in [0.25, 0.3) is 0 Å². The van der Waals surface area contributed by atoms with Crippen LogP contribution in [-0.2, 0) is 0 Å². The van der Waals surface area contributed by atoms with Gasteiger partial charge in [0, 0.05) is 19.7 Å². The number of nitrogen functional groups attached to an aromatic ring is 1. The zero-order valence-electron chi connectivity index (χ0n) is 8.31. The molecule has 0 saturated carbocycles. The maximum atomic E-state index is 8.65. The first-order chi connectivity index (χ1) is 6.63. The summed E-state index contributed by atoms with van der Waals surface area (Å²) in [6.45, 7) is 2.49. The first-order valence-electron chi connectivity index (χ1n) is 4.31. The Labute approximate surface area is 83.2 Å². The van der Waals surface area contributed by atoms with E-state index >= 15 is 0 Å². The van der Waals surface area contributed by atoms with Crippen molar-refractivity contribution in [2.24, 2.45) is 5.92 Å². The molecule has 0 aliphatic rings. The minimum atomic E-state index is -0.0313. The van der Waals surface area contributed by atoms with Crippen molar-refractivity contribution in [1.82, 2.24) is 9.97 Å². The summed E-state index contributed by atoms with van der Waals surface area (Å²) >= 11 is 0. The quantitative estimate of drug-likeness (QED) is 0.759. The predicted octanol–water partition coefficient (Wildman–Crippen LogP) is 0.655. The minimum Gasteiger partial charge on any atom is -0.384 e. The topological polar surface area (TPSA) is 78.8 Å². The fourth-order valence-electron chi connectivity index (χ4n) is 1.12. The highest BCUT2D eigenvalue weighted by Crippen LogP contribution is 2.11. The number of nitriles is 1. The summed E-state index contributed by atoms with van der Waals surface area (Å²) in [6.07, 6.45) is 1.41. The van der Waals surface area contributed by atoms with E-state index in [0.29, 0.717) is 12.4 Å². The third-order valence-corrected chi connectivity index (χ3v) is 1.83. The Bertz CT molecular complexity index is 343. The van der Waals surface area contributed by atoms with E-state index < -0.39 is 0 Å². The molecule has 5 nitrogen and oxygen atoms in total. The number of hydrogen-bond acceptors (Lipinski definition) is 5. The van der Waals surface area contributed by atoms with Gasteiger partial charge in [-0.25, -0.2) is 9.97 Å². The van der Waals surface area contributed by atoms with Crippen LogP contribution < -0.4 is 10.6 Å². The van der Waals surface area contributed by atoms with Gasteiger partial charge in [0.25, 0.3) is 0 Å². The molecule has 0 aliphatic carbocycles. The number of nitrogens with zero attached hydrogens (tertiary/aromatic N) is 4. The molecular weight excluding hydrogens is 178 g/mol. The standard InChI is InChI=1S/C9H13N5/c1-7(4-10)5-14(2)9-3-8(11)12-6-13-9/h3,6-7H,5H2,1-2H3,(H2,11,12,13). The van der Waals surface area contributed by atoms with Gasteiger partial charge in [-0.2, -0.15) is 5.26 Å². The average Bonchev–Trinajstić information content (AvgIpc) is 2.17. The van der Waals surface area contributed by atoms with Crippen LogP contribution in [0.5, 0.6) is 0 Å². The Balaban J connectivity index is 2.70. The highest BCUT2D eigenvalue weighted by atomic mass is 15.2. The van der Waals surface area contributed by atoms with E-state index in [1.54, 1.807) is 6.07 Å². The number of aromatic nitrogens is 2. The van der Waals surface area contributed by atoms with Gasteiger partial charge in [0.1, 0.15) is 18.0 Å². The van der Waals surface area contributed by atoms with Crippen molar-refractivity contribution in [2.45, 2.75) is 6.92 Å². The Morgan fingerprint density at radius 3 is 2.93 bits per heavy atom. The Morgan fingerprint density at radius 2 is 2.36 bits per heavy atom. The summed E-state index contributed by atoms with van der Waals surface area (Å²) in [6, 6.07) is 3.85. The molecule has 1 aromatic heterocycles. The van der Waals surface area contributed by atoms with E-state index in [0.717, 1.165) is 5.82 Å². The lowest BCUT2D eigenvalue weighted by Crippen LogP contribution is -2.24. The van der Waals surface area contributed by atoms with Gasteiger partial charge in [-0.1, -0.05) is 0 Å². The van der Waals surface area contributed by atoms with Crippen LogP contribution >= 0.6 is 0 Å². The second-order valence-electron chi connectivity index (χ2n) is 3.21. The van der Waals surface area contributed by atoms with Crippen molar-refractivity contribution < 1.29 is 0 Å². The fraction of sp³-hybridized carbons (Fsp3) is 0.444. The maximum Gasteiger partial charge on any atom is 0.133 e. The monoisotopic (exact) mass is 191 g/mol. The van der Waals surface area contributed by atoms with Crippen molar-refractivity contribution in [3.63, 3.8) is 0 Å². The van der Waals surface area contributed by atoms with E-state index in [1.165, 1.54) is 6.33 Å². The molecule has 1 unspecified atom stereocenters. The van der Waals surface area contributed by atoms with Gasteiger partial charge in [0.15, 0.2) is 0 Å². The van der Waals surface area contributed by atoms with Crippen LogP contribution in [-0.4, -0.2) is 23.6 Å². The molecule has 0 aliphatic heterocycles. The zero-order valence-corrected chi connectivity index (χ0v) is 8.31. The van der Waals surface area contributed by atoms with Crippen molar-refractivity contribution in [3.8, 4) is 6.07 Å². The first kappa shape index (κ1) is 10.3. The molecule has 1 atom stereocenters. The van der Waals surface area contributed by atoms with E-state index in [1.807, 2.05) is 18.9 Å². The molecule has 0 bridgehead atoms. The SMILES string of the molecule is CC(C#N)CN(C)c1cc(N)ncn1. The molecule has 0 fully saturated rings. The van der Waals surface area contributed by atoms with Gasteiger partial charge in [0.2, 0.25) is 0 Å². The van der Waals surface area contributed by atoms with E-state index in [-0.39, 0.29) is 5.92 Å². The lowest BCUT2D eigenvalue weighted by Gasteiger charge is -2.18. The smallest absolute Gasteiger partial charge is 0.133 e. The van der Waals surface area contributed by atoms with Crippen molar-refractivity contribution in [2.75, 3.05) is 24.2 Å². The lowest BCUT2D eigenvalue weighted by molar-refractivity contribution is 0.709. The van der Waals surface area contributed by atoms with Crippen molar-refractivity contribution >= 4 is 11.6 Å². The molecule has 0 saturated heterocycles. The largest absolute Gasteiger partial charge is 0.384 e. The Kier molecular flexibility index (Phi) is 3.24. The summed E-state index contributed by atoms with van der Waals surface area (Å²) < 4.78 is 0. The second-order valence-corrected chi connectivity index (χ2v) is 3.21. The third-order valence-electron chi connectivity index (χ3n) is 1.83. The minimum absolute atomic E-state index is 0.0313. The summed E-state index contributed by atoms with van der Waals surface area (Å²) in [4.78, 5) is 9.73. The number of nitrogens with two attached hydrogens (primary N) is 1. The number of anilines is 2. The van der Waals surface area contributed by atoms with Crippen molar-refractivity contribution in [1.29, 1.82) is 5.26 Å². The molecule has 0 aromatic carbocycles. The molecule has 1 rings (SSSR count). The number of rotatable bonds is 3. The van der Waals surface area contributed by atoms with Gasteiger partial charge < -0.3 is 10.6 Å². The Morgan fingerprint density at radius 1 is 1.64 bits per heavy atom. The summed E-state index contributed by atoms with van der Waals surface area (Å²) in [5.41, 5.74) is 5.52. The van der Waals surface area contributed by atoms with E-state index in [9.17, 15) is 0 Å². The molecule has 0 amide bonds. The molecule has 0 spiro atoms. The van der Waals surface area contributed by atoms with Crippen molar-refractivity contribution in [3.05, 3.63) is 12.4 Å². The van der Waals surface area contributed by atoms with Gasteiger partial charge in [-0.15, -0.1) is 0 Å². The van der Waals surface area contributed by atoms with Gasteiger partial charge in [0.05, 0.1) is 12.0 Å².